The summed E-state index contributed by atoms with van der Waals surface area (Å²) in [6, 6.07) is 10.8. The molecule has 134 valence electrons. The fourth-order valence-corrected chi connectivity index (χ4v) is 3.27. The molecular weight excluding hydrogens is 332 g/mol. The van der Waals surface area contributed by atoms with E-state index in [1.807, 2.05) is 25.1 Å². The second-order valence-electron chi connectivity index (χ2n) is 5.89. The first-order valence-electron chi connectivity index (χ1n) is 8.06. The van der Waals surface area contributed by atoms with Crippen LogP contribution in [-0.2, 0) is 0 Å². The maximum absolute atomic E-state index is 11.2. The van der Waals surface area contributed by atoms with Crippen LogP contribution in [0.1, 0.15) is 15.9 Å². The molecule has 0 spiro atoms. The molecule has 3 aromatic carbocycles. The number of fused-ring (bicyclic) bond motifs is 1. The zero-order valence-corrected chi connectivity index (χ0v) is 15.1. The van der Waals surface area contributed by atoms with Crippen LogP contribution in [0.4, 0.5) is 0 Å². The van der Waals surface area contributed by atoms with Crippen molar-refractivity contribution in [3.63, 3.8) is 0 Å². The van der Waals surface area contributed by atoms with Gasteiger partial charge in [-0.2, -0.15) is 0 Å². The highest BCUT2D eigenvalue weighted by Crippen LogP contribution is 2.49. The molecule has 0 unspecified atom stereocenters. The van der Waals surface area contributed by atoms with Gasteiger partial charge in [0.2, 0.25) is 0 Å². The largest absolute Gasteiger partial charge is 0.506 e. The predicted octanol–water partition coefficient (Wildman–Crippen LogP) is 4.36. The van der Waals surface area contributed by atoms with Gasteiger partial charge in [0.05, 0.1) is 32.3 Å². The minimum Gasteiger partial charge on any atom is -0.506 e. The van der Waals surface area contributed by atoms with E-state index in [2.05, 4.69) is 0 Å². The minimum atomic E-state index is 0.0768. The maximum Gasteiger partial charge on any atom is 0.150 e. The van der Waals surface area contributed by atoms with Crippen LogP contribution < -0.4 is 14.2 Å². The third-order valence-corrected chi connectivity index (χ3v) is 4.43. The van der Waals surface area contributed by atoms with E-state index < -0.39 is 0 Å². The highest BCUT2D eigenvalue weighted by molar-refractivity contribution is 6.02. The van der Waals surface area contributed by atoms with E-state index in [-0.39, 0.29) is 5.75 Å². The Morgan fingerprint density at radius 2 is 1.50 bits per heavy atom. The number of carbonyl (C=O) groups is 1. The number of aldehydes is 1. The van der Waals surface area contributed by atoms with Crippen molar-refractivity contribution in [3.8, 4) is 34.1 Å². The summed E-state index contributed by atoms with van der Waals surface area (Å²) in [7, 11) is 4.59. The Labute approximate surface area is 151 Å². The van der Waals surface area contributed by atoms with Crippen LogP contribution in [0, 0.1) is 6.92 Å². The molecule has 3 aromatic rings. The van der Waals surface area contributed by atoms with Crippen molar-refractivity contribution in [2.45, 2.75) is 6.92 Å². The molecular formula is C21H20O5. The van der Waals surface area contributed by atoms with Gasteiger partial charge in [0.25, 0.3) is 0 Å². The molecule has 0 radical (unpaired) electrons. The topological polar surface area (TPSA) is 65.0 Å². The first kappa shape index (κ1) is 17.6. The monoisotopic (exact) mass is 352 g/mol. The fraction of sp³-hybridized carbons (Fsp3) is 0.190. The molecule has 0 aliphatic heterocycles. The van der Waals surface area contributed by atoms with Crippen LogP contribution in [0.3, 0.4) is 0 Å². The molecule has 3 rings (SSSR count). The van der Waals surface area contributed by atoms with Crippen LogP contribution >= 0.6 is 0 Å². The number of rotatable bonds is 5. The fourth-order valence-electron chi connectivity index (χ4n) is 3.27. The SMILES string of the molecule is COc1cc(C=O)cc(OC)c1-c1c(C)cc2cccc(OC)c2c1O. The van der Waals surface area contributed by atoms with E-state index in [1.54, 1.807) is 25.3 Å². The van der Waals surface area contributed by atoms with Crippen molar-refractivity contribution in [1.29, 1.82) is 0 Å². The lowest BCUT2D eigenvalue weighted by Crippen LogP contribution is -1.98. The Hall–Kier alpha value is -3.21. The molecule has 0 aliphatic rings. The van der Waals surface area contributed by atoms with Gasteiger partial charge < -0.3 is 19.3 Å². The normalized spacial score (nSPS) is 10.6. The van der Waals surface area contributed by atoms with Crippen LogP contribution in [0.25, 0.3) is 21.9 Å². The number of benzene rings is 3. The standard InChI is InChI=1S/C21H20O5/c1-12-8-14-6-5-7-15(24-2)19(14)21(23)18(12)20-16(25-3)9-13(11-22)10-17(20)26-4/h5-11,23H,1-4H3. The molecule has 1 N–H and O–H groups in total. The zero-order chi connectivity index (χ0) is 18.8. The summed E-state index contributed by atoms with van der Waals surface area (Å²) in [5.41, 5.74) is 2.44. The molecule has 0 amide bonds. The van der Waals surface area contributed by atoms with Gasteiger partial charge in [-0.1, -0.05) is 18.2 Å². The summed E-state index contributed by atoms with van der Waals surface area (Å²) in [4.78, 5) is 11.2. The minimum absolute atomic E-state index is 0.0768. The number of ether oxygens (including phenoxy) is 3. The number of hydrogen-bond acceptors (Lipinski definition) is 5. The van der Waals surface area contributed by atoms with Gasteiger partial charge in [-0.25, -0.2) is 0 Å². The van der Waals surface area contributed by atoms with Crippen molar-refractivity contribution in [2.75, 3.05) is 21.3 Å². The van der Waals surface area contributed by atoms with Crippen molar-refractivity contribution in [3.05, 3.63) is 47.5 Å². The molecule has 0 fully saturated rings. The Kier molecular flexibility index (Phi) is 4.71. The molecule has 26 heavy (non-hydrogen) atoms. The summed E-state index contributed by atoms with van der Waals surface area (Å²) >= 11 is 0. The maximum atomic E-state index is 11.2. The molecule has 0 atom stereocenters. The smallest absolute Gasteiger partial charge is 0.150 e. The van der Waals surface area contributed by atoms with Gasteiger partial charge in [-0.05, 0) is 36.1 Å². The van der Waals surface area contributed by atoms with E-state index >= 15 is 0 Å². The van der Waals surface area contributed by atoms with Gasteiger partial charge in [-0.3, -0.25) is 4.79 Å². The first-order chi connectivity index (χ1) is 12.5. The Morgan fingerprint density at radius 1 is 0.885 bits per heavy atom. The van der Waals surface area contributed by atoms with Crippen molar-refractivity contribution in [1.82, 2.24) is 0 Å². The van der Waals surface area contributed by atoms with Crippen molar-refractivity contribution in [2.24, 2.45) is 0 Å². The lowest BCUT2D eigenvalue weighted by molar-refractivity contribution is 0.112. The van der Waals surface area contributed by atoms with E-state index in [9.17, 15) is 9.90 Å². The predicted molar refractivity (Wildman–Crippen MR) is 101 cm³/mol. The van der Waals surface area contributed by atoms with Gasteiger partial charge in [-0.15, -0.1) is 0 Å². The number of phenols is 1. The molecule has 5 nitrogen and oxygen atoms in total. The summed E-state index contributed by atoms with van der Waals surface area (Å²) in [5, 5.41) is 12.6. The van der Waals surface area contributed by atoms with Crippen molar-refractivity contribution < 1.29 is 24.1 Å². The van der Waals surface area contributed by atoms with E-state index in [1.165, 1.54) is 14.2 Å². The number of phenolic OH excluding ortho intramolecular Hbond substituents is 1. The highest BCUT2D eigenvalue weighted by Gasteiger charge is 2.22. The van der Waals surface area contributed by atoms with Gasteiger partial charge in [0.15, 0.2) is 0 Å². The molecule has 0 aliphatic carbocycles. The van der Waals surface area contributed by atoms with Gasteiger partial charge in [0.1, 0.15) is 29.3 Å². The number of aromatic hydroxyl groups is 1. The molecule has 5 heteroatoms. The third kappa shape index (κ3) is 2.71. The first-order valence-corrected chi connectivity index (χ1v) is 8.06. The average Bonchev–Trinajstić information content (AvgIpc) is 2.66. The average molecular weight is 352 g/mol. The van der Waals surface area contributed by atoms with Crippen LogP contribution in [-0.4, -0.2) is 32.7 Å². The molecule has 0 saturated heterocycles. The van der Waals surface area contributed by atoms with E-state index in [0.717, 1.165) is 17.2 Å². The second-order valence-corrected chi connectivity index (χ2v) is 5.89. The molecule has 0 heterocycles. The second kappa shape index (κ2) is 6.96. The number of hydrogen-bond donors (Lipinski definition) is 1. The van der Waals surface area contributed by atoms with E-state index in [0.29, 0.717) is 39.3 Å². The Bertz CT molecular complexity index is 966. The number of aryl methyl sites for hydroxylation is 1. The Balaban J connectivity index is 2.44. The lowest BCUT2D eigenvalue weighted by Gasteiger charge is -2.19. The van der Waals surface area contributed by atoms with Crippen LogP contribution in [0.5, 0.6) is 23.0 Å². The zero-order valence-electron chi connectivity index (χ0n) is 15.1. The number of carbonyl (C=O) groups excluding carboxylic acids is 1. The lowest BCUT2D eigenvalue weighted by atomic mass is 9.92. The summed E-state index contributed by atoms with van der Waals surface area (Å²) < 4.78 is 16.4. The van der Waals surface area contributed by atoms with E-state index in [4.69, 9.17) is 14.2 Å². The summed E-state index contributed by atoms with van der Waals surface area (Å²) in [5.74, 6) is 1.54. The molecule has 0 saturated carbocycles. The summed E-state index contributed by atoms with van der Waals surface area (Å²) in [6.45, 7) is 1.90. The van der Waals surface area contributed by atoms with Gasteiger partial charge in [0, 0.05) is 11.1 Å². The Morgan fingerprint density at radius 3 is 2.04 bits per heavy atom. The van der Waals surface area contributed by atoms with Crippen LogP contribution in [0.15, 0.2) is 36.4 Å². The summed E-state index contributed by atoms with van der Waals surface area (Å²) in [6.07, 6.45) is 0.727. The molecule has 0 aromatic heterocycles. The molecule has 0 bridgehead atoms. The van der Waals surface area contributed by atoms with Crippen LogP contribution in [0.2, 0.25) is 0 Å². The quantitative estimate of drug-likeness (QED) is 0.691. The number of methoxy groups -OCH3 is 3. The van der Waals surface area contributed by atoms with Gasteiger partial charge >= 0.3 is 0 Å². The van der Waals surface area contributed by atoms with Crippen molar-refractivity contribution >= 4 is 17.1 Å². The highest BCUT2D eigenvalue weighted by atomic mass is 16.5. The third-order valence-electron chi connectivity index (χ3n) is 4.43.